The largest absolute Gasteiger partial charge is 0.833 e. The predicted octanol–water partition coefficient (Wildman–Crippen LogP) is 4.01. The van der Waals surface area contributed by atoms with Gasteiger partial charge in [-0.15, -0.1) is 34.0 Å². The van der Waals surface area contributed by atoms with E-state index < -0.39 is 17.2 Å². The van der Waals surface area contributed by atoms with Crippen LogP contribution in [0.1, 0.15) is 33.9 Å². The highest BCUT2D eigenvalue weighted by Crippen LogP contribution is 2.43. The summed E-state index contributed by atoms with van der Waals surface area (Å²) >= 11 is 4.49. The maximum Gasteiger partial charge on any atom is 0.306 e. The van der Waals surface area contributed by atoms with Crippen LogP contribution in [0.25, 0.3) is 0 Å². The third-order valence-electron chi connectivity index (χ3n) is 6.87. The Labute approximate surface area is 189 Å². The molecular weight excluding hydrogens is 434 g/mol. The summed E-state index contributed by atoms with van der Waals surface area (Å²) < 4.78 is 7.25. The summed E-state index contributed by atoms with van der Waals surface area (Å²) in [7, 11) is 0. The van der Waals surface area contributed by atoms with E-state index in [-0.39, 0.29) is 0 Å². The van der Waals surface area contributed by atoms with Gasteiger partial charge >= 0.3 is 5.97 Å². The quantitative estimate of drug-likeness (QED) is 0.396. The Morgan fingerprint density at radius 3 is 2.03 bits per heavy atom. The molecule has 2 bridgehead atoms. The van der Waals surface area contributed by atoms with Crippen LogP contribution in [0.4, 0.5) is 0 Å². The van der Waals surface area contributed by atoms with Crippen molar-refractivity contribution in [3.8, 4) is 0 Å². The third kappa shape index (κ3) is 3.56. The van der Waals surface area contributed by atoms with E-state index in [0.29, 0.717) is 9.75 Å². The summed E-state index contributed by atoms with van der Waals surface area (Å²) in [6.45, 7) is 4.24. The molecule has 3 aromatic heterocycles. The number of esters is 1. The maximum atomic E-state index is 13.9. The zero-order valence-electron chi connectivity index (χ0n) is 16.7. The average molecular weight is 460 g/mol. The molecule has 0 saturated carbocycles. The summed E-state index contributed by atoms with van der Waals surface area (Å²) in [6, 6.07) is 11.5. The molecule has 4 nitrogen and oxygen atoms in total. The van der Waals surface area contributed by atoms with Crippen LogP contribution in [0, 0.1) is 0 Å². The Morgan fingerprint density at radius 1 is 0.967 bits per heavy atom. The number of nitrogens with zero attached hydrogens (tertiary/aromatic N) is 1. The van der Waals surface area contributed by atoms with Gasteiger partial charge in [-0.3, -0.25) is 4.79 Å². The van der Waals surface area contributed by atoms with Gasteiger partial charge in [-0.1, -0.05) is 18.2 Å². The number of thiophene rings is 3. The number of carbonyl (C=O) groups is 1. The number of hydrogen-bond acceptors (Lipinski definition) is 6. The topological polar surface area (TPSA) is 49.4 Å². The van der Waals surface area contributed by atoms with Crippen LogP contribution in [0.15, 0.2) is 52.5 Å². The number of rotatable bonds is 7. The van der Waals surface area contributed by atoms with Gasteiger partial charge in [-0.2, -0.15) is 0 Å². The molecule has 0 aromatic carbocycles. The molecule has 3 aliphatic rings. The van der Waals surface area contributed by atoms with Crippen LogP contribution in [-0.4, -0.2) is 42.2 Å². The third-order valence-corrected chi connectivity index (χ3v) is 9.75. The van der Waals surface area contributed by atoms with Crippen molar-refractivity contribution in [1.29, 1.82) is 0 Å². The fourth-order valence-corrected chi connectivity index (χ4v) is 7.28. The van der Waals surface area contributed by atoms with Crippen molar-refractivity contribution < 1.29 is 19.1 Å². The maximum absolute atomic E-state index is 13.9. The number of quaternary nitrogens is 1. The van der Waals surface area contributed by atoms with Gasteiger partial charge in [0.25, 0.3) is 0 Å². The van der Waals surface area contributed by atoms with Crippen LogP contribution >= 0.6 is 34.0 Å². The van der Waals surface area contributed by atoms with Crippen LogP contribution in [0.3, 0.4) is 0 Å². The molecule has 0 radical (unpaired) electrons. The molecule has 3 aliphatic heterocycles. The van der Waals surface area contributed by atoms with Crippen molar-refractivity contribution in [3.63, 3.8) is 0 Å². The second kappa shape index (κ2) is 7.88. The number of fused-ring (bicyclic) bond motifs is 3. The van der Waals surface area contributed by atoms with Gasteiger partial charge in [0.1, 0.15) is 5.60 Å². The number of ether oxygens (including phenoxy) is 1. The molecule has 3 aromatic rings. The van der Waals surface area contributed by atoms with Crippen molar-refractivity contribution in [3.05, 3.63) is 67.2 Å². The van der Waals surface area contributed by atoms with Gasteiger partial charge in [0, 0.05) is 40.3 Å². The molecule has 0 N–H and O–H groups in total. The van der Waals surface area contributed by atoms with Crippen LogP contribution in [-0.2, 0) is 21.6 Å². The molecule has 0 unspecified atom stereocenters. The molecule has 3 saturated heterocycles. The Hall–Kier alpha value is -1.51. The van der Waals surface area contributed by atoms with Crippen molar-refractivity contribution in [1.82, 2.24) is 0 Å². The van der Waals surface area contributed by atoms with Gasteiger partial charge in [0.2, 0.25) is 0 Å². The first kappa shape index (κ1) is 20.4. The van der Waals surface area contributed by atoms with E-state index in [1.54, 1.807) is 12.1 Å². The van der Waals surface area contributed by atoms with Crippen molar-refractivity contribution >= 4 is 40.0 Å². The lowest BCUT2D eigenvalue weighted by Crippen LogP contribution is -2.66. The van der Waals surface area contributed by atoms with E-state index in [4.69, 9.17) is 4.74 Å². The number of piperidine rings is 3. The second-order valence-electron chi connectivity index (χ2n) is 8.52. The Balaban J connectivity index is 1.30. The highest BCUT2D eigenvalue weighted by molar-refractivity contribution is 7.12. The number of carbonyl (C=O) groups excluding carboxylic acids is 1. The van der Waals surface area contributed by atoms with Crippen LogP contribution in [0.5, 0.6) is 0 Å². The first-order chi connectivity index (χ1) is 14.5. The molecule has 3 fully saturated rings. The minimum atomic E-state index is -1.96. The molecule has 158 valence electrons. The fraction of sp³-hybridized carbons (Fsp3) is 0.435. The zero-order valence-corrected chi connectivity index (χ0v) is 19.2. The smallest absolute Gasteiger partial charge is 0.306 e. The molecule has 0 amide bonds. The highest BCUT2D eigenvalue weighted by Gasteiger charge is 2.52. The van der Waals surface area contributed by atoms with E-state index >= 15 is 0 Å². The summed E-state index contributed by atoms with van der Waals surface area (Å²) in [5, 5.41) is 19.8. The molecule has 6 rings (SSSR count). The predicted molar refractivity (Wildman–Crippen MR) is 120 cm³/mol. The van der Waals surface area contributed by atoms with Gasteiger partial charge in [0.05, 0.1) is 31.8 Å². The molecule has 0 atom stereocenters. The minimum Gasteiger partial charge on any atom is -0.833 e. The molecule has 30 heavy (non-hydrogen) atoms. The highest BCUT2D eigenvalue weighted by atomic mass is 32.1. The van der Waals surface area contributed by atoms with Crippen molar-refractivity contribution in [2.24, 2.45) is 0 Å². The van der Waals surface area contributed by atoms with Gasteiger partial charge in [-0.25, -0.2) is 0 Å². The zero-order chi connectivity index (χ0) is 20.7. The lowest BCUT2D eigenvalue weighted by molar-refractivity contribution is -0.944. The SMILES string of the molecule is O=C(OC12CC[N+](CCc3cccs3)(CC1)CC2)C([O-])(c1cccs1)c1cccs1. The van der Waals surface area contributed by atoms with E-state index in [2.05, 4.69) is 17.5 Å². The Kier molecular flexibility index (Phi) is 5.35. The molecule has 0 aliphatic carbocycles. The minimum absolute atomic E-state index is 0.468. The summed E-state index contributed by atoms with van der Waals surface area (Å²) in [4.78, 5) is 15.8. The standard InChI is InChI=1S/C23H25NO3S3/c25-21(23(26,19-5-2-16-29-19)20-6-3-17-30-20)27-22-8-12-24(13-9-22,14-10-22)11-7-18-4-1-15-28-18/h1-6,15-17H,7-14H2. The van der Waals surface area contributed by atoms with Gasteiger partial charge in [0.15, 0.2) is 0 Å². The molecule has 7 heteroatoms. The first-order valence-electron chi connectivity index (χ1n) is 10.4. The fourth-order valence-electron chi connectivity index (χ4n) is 4.87. The lowest BCUT2D eigenvalue weighted by Gasteiger charge is -2.55. The van der Waals surface area contributed by atoms with E-state index in [9.17, 15) is 9.90 Å². The molecular formula is C23H25NO3S3. The van der Waals surface area contributed by atoms with Crippen molar-refractivity contribution in [2.45, 2.75) is 36.9 Å². The van der Waals surface area contributed by atoms with Crippen LogP contribution in [0.2, 0.25) is 0 Å². The van der Waals surface area contributed by atoms with E-state index in [1.807, 2.05) is 34.2 Å². The average Bonchev–Trinajstić information content (AvgIpc) is 3.56. The van der Waals surface area contributed by atoms with Gasteiger partial charge < -0.3 is 14.3 Å². The first-order valence-corrected chi connectivity index (χ1v) is 13.1. The van der Waals surface area contributed by atoms with Crippen molar-refractivity contribution in [2.75, 3.05) is 26.2 Å². The van der Waals surface area contributed by atoms with E-state index in [0.717, 1.165) is 56.3 Å². The molecule has 6 heterocycles. The van der Waals surface area contributed by atoms with E-state index in [1.165, 1.54) is 27.6 Å². The normalized spacial score (nSPS) is 26.0. The number of hydrogen-bond donors (Lipinski definition) is 0. The Bertz CT molecular complexity index is 920. The van der Waals surface area contributed by atoms with Gasteiger partial charge in [-0.05, 0) is 34.3 Å². The summed E-state index contributed by atoms with van der Waals surface area (Å²) in [6.07, 6.45) is 3.68. The molecule has 0 spiro atoms. The summed E-state index contributed by atoms with van der Waals surface area (Å²) in [5.74, 6) is -0.632. The second-order valence-corrected chi connectivity index (χ2v) is 11.5. The lowest BCUT2D eigenvalue weighted by atomic mass is 9.80. The van der Waals surface area contributed by atoms with Crippen LogP contribution < -0.4 is 5.11 Å². The monoisotopic (exact) mass is 459 g/mol. The Morgan fingerprint density at radius 2 is 1.53 bits per heavy atom. The summed E-state index contributed by atoms with van der Waals surface area (Å²) in [5.41, 5.74) is -2.43.